The van der Waals surface area contributed by atoms with Gasteiger partial charge in [0.1, 0.15) is 16.7 Å². The summed E-state index contributed by atoms with van der Waals surface area (Å²) in [7, 11) is 0. The molecule has 3 aromatic heterocycles. The molecule has 0 fully saturated rings. The lowest BCUT2D eigenvalue weighted by atomic mass is 9.96. The van der Waals surface area contributed by atoms with E-state index in [1.165, 1.54) is 17.7 Å². The molecule has 1 atom stereocenters. The molecule has 3 aromatic carbocycles. The molecular weight excluding hydrogens is 593 g/mol. The molecule has 13 heteroatoms. The van der Waals surface area contributed by atoms with Gasteiger partial charge in [-0.3, -0.25) is 9.36 Å². The number of nitrogens with zero attached hydrogens (tertiary/aromatic N) is 4. The first-order valence-corrected chi connectivity index (χ1v) is 14.1. The molecule has 44 heavy (non-hydrogen) atoms. The predicted molar refractivity (Wildman–Crippen MR) is 164 cm³/mol. The van der Waals surface area contributed by atoms with Crippen LogP contribution in [0.4, 0.5) is 19.0 Å². The second-order valence-electron chi connectivity index (χ2n) is 9.62. The first-order chi connectivity index (χ1) is 21.1. The van der Waals surface area contributed by atoms with Gasteiger partial charge in [0.05, 0.1) is 16.9 Å². The predicted octanol–water partition coefficient (Wildman–Crippen LogP) is 6.32. The molecule has 0 bridgehead atoms. The van der Waals surface area contributed by atoms with Crippen LogP contribution in [-0.4, -0.2) is 36.8 Å². The maximum absolute atomic E-state index is 14.3. The molecule has 3 heterocycles. The van der Waals surface area contributed by atoms with Crippen LogP contribution in [0.2, 0.25) is 0 Å². The maximum Gasteiger partial charge on any atom is 0.490 e. The Bertz CT molecular complexity index is 2010. The molecule has 0 unspecified atom stereocenters. The highest BCUT2D eigenvalue weighted by Crippen LogP contribution is 2.31. The minimum absolute atomic E-state index is 0.0809. The molecule has 6 rings (SSSR count). The Hall–Kier alpha value is -5.14. The molecule has 0 spiro atoms. The van der Waals surface area contributed by atoms with Gasteiger partial charge in [-0.15, -0.1) is 11.3 Å². The topological polar surface area (TPSA) is 136 Å². The third kappa shape index (κ3) is 6.28. The Morgan fingerprint density at radius 1 is 1.02 bits per heavy atom. The van der Waals surface area contributed by atoms with Crippen LogP contribution >= 0.6 is 11.3 Å². The number of benzene rings is 3. The molecule has 0 aliphatic heterocycles. The summed E-state index contributed by atoms with van der Waals surface area (Å²) in [6.07, 6.45) is -3.55. The minimum Gasteiger partial charge on any atom is -0.475 e. The van der Waals surface area contributed by atoms with Crippen LogP contribution in [-0.2, 0) is 11.3 Å². The fourth-order valence-corrected chi connectivity index (χ4v) is 5.36. The summed E-state index contributed by atoms with van der Waals surface area (Å²) in [5.74, 6) is -2.12. The van der Waals surface area contributed by atoms with Crippen LogP contribution < -0.4 is 16.6 Å². The molecule has 9 nitrogen and oxygen atoms in total. The number of para-hydroxylation sites is 1. The molecule has 0 aliphatic carbocycles. The Balaban J connectivity index is 0.000000493. The number of thiazole rings is 1. The van der Waals surface area contributed by atoms with Crippen molar-refractivity contribution >= 4 is 44.2 Å². The Kier molecular flexibility index (Phi) is 8.69. The lowest BCUT2D eigenvalue weighted by Crippen LogP contribution is -2.26. The van der Waals surface area contributed by atoms with E-state index in [1.54, 1.807) is 10.1 Å². The van der Waals surface area contributed by atoms with E-state index >= 15 is 0 Å². The van der Waals surface area contributed by atoms with Crippen LogP contribution in [0.25, 0.3) is 37.9 Å². The summed E-state index contributed by atoms with van der Waals surface area (Å²) < 4.78 is 33.5. The number of halogens is 3. The van der Waals surface area contributed by atoms with Gasteiger partial charge in [-0.1, -0.05) is 54.6 Å². The monoisotopic (exact) mass is 618 g/mol. The largest absolute Gasteiger partial charge is 0.490 e. The standard InChI is InChI=1S/C29H24N6OS.C2HF3O2/c1-18(34-27-26-28(32-16-31-27)37-17-33-26)24-14-21-9-6-12-23(20-8-5-7-19(13-20)15-30)25(21)29(36)35(24)22-10-3-2-4-11-22;3-2(4,5)1(6)7/h2-14,16-18H,15,30H2,1H3,(H,31,32,34);(H,6,7)/t18-;/m0./s1. The van der Waals surface area contributed by atoms with E-state index < -0.39 is 12.1 Å². The van der Waals surface area contributed by atoms with Gasteiger partial charge in [0, 0.05) is 17.9 Å². The number of carboxylic acids is 1. The average Bonchev–Trinajstić information content (AvgIpc) is 3.51. The molecule has 0 saturated heterocycles. The van der Waals surface area contributed by atoms with Crippen LogP contribution in [0.15, 0.2) is 95.5 Å². The summed E-state index contributed by atoms with van der Waals surface area (Å²) in [6, 6.07) is 25.6. The van der Waals surface area contributed by atoms with Crippen molar-refractivity contribution in [3.63, 3.8) is 0 Å². The molecule has 0 aliphatic rings. The first kappa shape index (κ1) is 30.3. The molecule has 0 amide bonds. The zero-order valence-corrected chi connectivity index (χ0v) is 23.9. The fraction of sp³-hybridized carbons (Fsp3) is 0.129. The minimum atomic E-state index is -5.08. The van der Waals surface area contributed by atoms with Crippen molar-refractivity contribution < 1.29 is 23.1 Å². The van der Waals surface area contributed by atoms with Crippen LogP contribution in [0.3, 0.4) is 0 Å². The number of aliphatic carboxylic acids is 1. The van der Waals surface area contributed by atoms with Gasteiger partial charge in [-0.25, -0.2) is 19.7 Å². The lowest BCUT2D eigenvalue weighted by molar-refractivity contribution is -0.192. The van der Waals surface area contributed by atoms with Crippen LogP contribution in [0.5, 0.6) is 0 Å². The summed E-state index contributed by atoms with van der Waals surface area (Å²) in [4.78, 5) is 37.2. The summed E-state index contributed by atoms with van der Waals surface area (Å²) in [5.41, 5.74) is 12.8. The molecular formula is C31H25F3N6O3S. The van der Waals surface area contributed by atoms with Gasteiger partial charge in [0.15, 0.2) is 5.82 Å². The number of hydrogen-bond acceptors (Lipinski definition) is 8. The number of carboxylic acid groups (broad SMARTS) is 1. The van der Waals surface area contributed by atoms with Crippen molar-refractivity contribution in [2.45, 2.75) is 25.7 Å². The average molecular weight is 619 g/mol. The number of aromatic nitrogens is 4. The fourth-order valence-electron chi connectivity index (χ4n) is 4.73. The number of fused-ring (bicyclic) bond motifs is 2. The van der Waals surface area contributed by atoms with Gasteiger partial charge in [0.25, 0.3) is 5.56 Å². The molecule has 4 N–H and O–H groups in total. The Morgan fingerprint density at radius 2 is 1.75 bits per heavy atom. The third-order valence-corrected chi connectivity index (χ3v) is 7.47. The molecule has 0 radical (unpaired) electrons. The SMILES string of the molecule is C[C@H](Nc1ncnc2scnc12)c1cc2cccc(-c3cccc(CN)c3)c2c(=O)n1-c1ccccc1.O=C(O)C(F)(F)F. The van der Waals surface area contributed by atoms with Crippen LogP contribution in [0.1, 0.15) is 24.2 Å². The highest BCUT2D eigenvalue weighted by Gasteiger charge is 2.38. The zero-order valence-electron chi connectivity index (χ0n) is 23.1. The molecule has 0 saturated carbocycles. The molecule has 224 valence electrons. The van der Waals surface area contributed by atoms with Crippen molar-refractivity contribution in [2.24, 2.45) is 5.73 Å². The highest BCUT2D eigenvalue weighted by atomic mass is 32.1. The lowest BCUT2D eigenvalue weighted by Gasteiger charge is -2.22. The molecule has 6 aromatic rings. The summed E-state index contributed by atoms with van der Waals surface area (Å²) in [6.45, 7) is 2.46. The van der Waals surface area contributed by atoms with Crippen molar-refractivity contribution in [1.29, 1.82) is 0 Å². The Labute approximate surface area is 252 Å². The van der Waals surface area contributed by atoms with Crippen molar-refractivity contribution in [2.75, 3.05) is 5.32 Å². The van der Waals surface area contributed by atoms with E-state index in [1.807, 2.05) is 79.7 Å². The number of nitrogens with one attached hydrogen (secondary N) is 1. The quantitative estimate of drug-likeness (QED) is 0.197. The van der Waals surface area contributed by atoms with Gasteiger partial charge < -0.3 is 16.2 Å². The Morgan fingerprint density at radius 3 is 2.45 bits per heavy atom. The van der Waals surface area contributed by atoms with Gasteiger partial charge in [-0.2, -0.15) is 13.2 Å². The normalized spacial score (nSPS) is 12.0. The van der Waals surface area contributed by atoms with Gasteiger partial charge in [-0.05, 0) is 53.3 Å². The second-order valence-corrected chi connectivity index (χ2v) is 10.5. The number of alkyl halides is 3. The van der Waals surface area contributed by atoms with E-state index in [-0.39, 0.29) is 11.6 Å². The maximum atomic E-state index is 14.3. The van der Waals surface area contributed by atoms with Gasteiger partial charge >= 0.3 is 12.1 Å². The van der Waals surface area contributed by atoms with Crippen molar-refractivity contribution in [3.8, 4) is 16.8 Å². The van der Waals surface area contributed by atoms with Crippen molar-refractivity contribution in [1.82, 2.24) is 19.5 Å². The second kappa shape index (κ2) is 12.6. The number of pyridine rings is 1. The van der Waals surface area contributed by atoms with E-state index in [9.17, 15) is 18.0 Å². The van der Waals surface area contributed by atoms with E-state index in [4.69, 9.17) is 15.6 Å². The highest BCUT2D eigenvalue weighted by molar-refractivity contribution is 7.16. The number of carbonyl (C=O) groups is 1. The van der Waals surface area contributed by atoms with E-state index in [0.717, 1.165) is 43.8 Å². The number of hydrogen-bond donors (Lipinski definition) is 3. The van der Waals surface area contributed by atoms with E-state index in [2.05, 4.69) is 26.3 Å². The van der Waals surface area contributed by atoms with Gasteiger partial charge in [0.2, 0.25) is 0 Å². The van der Waals surface area contributed by atoms with Crippen LogP contribution in [0, 0.1) is 0 Å². The van der Waals surface area contributed by atoms with Crippen molar-refractivity contribution in [3.05, 3.63) is 112 Å². The summed E-state index contributed by atoms with van der Waals surface area (Å²) in [5, 5.41) is 12.1. The number of rotatable bonds is 6. The zero-order chi connectivity index (χ0) is 31.4. The third-order valence-electron chi connectivity index (χ3n) is 6.74. The number of nitrogens with two attached hydrogens (primary N) is 1. The van der Waals surface area contributed by atoms with E-state index in [0.29, 0.717) is 17.7 Å². The summed E-state index contributed by atoms with van der Waals surface area (Å²) >= 11 is 1.47. The number of anilines is 1. The first-order valence-electron chi connectivity index (χ1n) is 13.2. The smallest absolute Gasteiger partial charge is 0.475 e.